The Morgan fingerprint density at radius 2 is 1.67 bits per heavy atom. The molecule has 0 aliphatic carbocycles. The lowest BCUT2D eigenvalue weighted by atomic mass is 9.92. The summed E-state index contributed by atoms with van der Waals surface area (Å²) < 4.78 is 11.0. The van der Waals surface area contributed by atoms with E-state index in [1.54, 1.807) is 7.11 Å². The highest BCUT2D eigenvalue weighted by Crippen LogP contribution is 2.22. The molecule has 0 saturated carbocycles. The molecule has 7 atom stereocenters. The Hall–Kier alpha value is -2.07. The minimum atomic E-state index is -1.17. The van der Waals surface area contributed by atoms with Gasteiger partial charge in [-0.1, -0.05) is 65.2 Å². The van der Waals surface area contributed by atoms with Crippen molar-refractivity contribution in [2.75, 3.05) is 20.3 Å². The Kier molecular flexibility index (Phi) is 22.0. The minimum Gasteiger partial charge on any atom is -0.452 e. The van der Waals surface area contributed by atoms with E-state index in [0.29, 0.717) is 56.8 Å². The van der Waals surface area contributed by atoms with Crippen LogP contribution in [0.2, 0.25) is 0 Å². The fourth-order valence-electron chi connectivity index (χ4n) is 5.76. The van der Waals surface area contributed by atoms with Crippen molar-refractivity contribution in [3.05, 3.63) is 23.8 Å². The topological polar surface area (TPSA) is 142 Å². The standard InChI is InChI=1S/C36H63NO8/c1-6-8-19-34-35(42)37-24-31(39)23-33(41)32(40)21-20-29(25-44-5)16-11-14-28(7-2)15-12-18-30(38)17-10-9-13-26(3)22-27(4)36(43)45-34/h11,14,16,26-28,31-34,39-41H,6-10,12-13,15,17-25H2,1-5H3,(H,37,42)/b14-11+,29-16-/t26-,27+,28+,31+,32-,33+,34-/m1/s1. The minimum absolute atomic E-state index is 0.111. The zero-order valence-electron chi connectivity index (χ0n) is 28.7. The molecule has 9 heteroatoms. The summed E-state index contributed by atoms with van der Waals surface area (Å²) in [6.07, 6.45) is 11.8. The van der Waals surface area contributed by atoms with Crippen molar-refractivity contribution >= 4 is 17.7 Å². The van der Waals surface area contributed by atoms with Crippen LogP contribution in [0.25, 0.3) is 0 Å². The van der Waals surface area contributed by atoms with Crippen molar-refractivity contribution in [2.45, 2.75) is 148 Å². The molecule has 4 N–H and O–H groups in total. The number of esters is 1. The number of cyclic esters (lactones) is 1. The number of ketones is 1. The Balaban J connectivity index is 2.98. The van der Waals surface area contributed by atoms with Gasteiger partial charge in [-0.25, -0.2) is 0 Å². The number of carbonyl (C=O) groups excluding carboxylic acids is 3. The summed E-state index contributed by atoms with van der Waals surface area (Å²) in [6.45, 7) is 8.32. The van der Waals surface area contributed by atoms with Crippen LogP contribution in [0.15, 0.2) is 23.8 Å². The molecule has 0 saturated heterocycles. The summed E-state index contributed by atoms with van der Waals surface area (Å²) in [5, 5.41) is 34.3. The maximum Gasteiger partial charge on any atom is 0.309 e. The summed E-state index contributed by atoms with van der Waals surface area (Å²) in [7, 11) is 1.61. The van der Waals surface area contributed by atoms with Crippen molar-refractivity contribution in [3.63, 3.8) is 0 Å². The van der Waals surface area contributed by atoms with Crippen LogP contribution in [0.3, 0.4) is 0 Å². The van der Waals surface area contributed by atoms with Gasteiger partial charge in [0.15, 0.2) is 6.10 Å². The molecule has 1 rings (SSSR count). The number of β-amino-alcohol motifs (C(OH)–C–C–N with tert-alkyl or cyclic N) is 1. The van der Waals surface area contributed by atoms with Gasteiger partial charge in [0.05, 0.1) is 30.8 Å². The molecule has 0 unspecified atom stereocenters. The predicted molar refractivity (Wildman–Crippen MR) is 177 cm³/mol. The summed E-state index contributed by atoms with van der Waals surface area (Å²) in [4.78, 5) is 38.3. The van der Waals surface area contributed by atoms with Crippen LogP contribution in [-0.2, 0) is 23.9 Å². The van der Waals surface area contributed by atoms with Crippen molar-refractivity contribution < 1.29 is 39.2 Å². The van der Waals surface area contributed by atoms with E-state index in [1.165, 1.54) is 0 Å². The van der Waals surface area contributed by atoms with Crippen LogP contribution in [0.1, 0.15) is 124 Å². The number of methoxy groups -OCH3 is 1. The molecule has 0 radical (unpaired) electrons. The van der Waals surface area contributed by atoms with Gasteiger partial charge in [0.1, 0.15) is 5.78 Å². The third-order valence-electron chi connectivity index (χ3n) is 8.76. The zero-order valence-corrected chi connectivity index (χ0v) is 28.7. The van der Waals surface area contributed by atoms with Crippen LogP contribution in [0.5, 0.6) is 0 Å². The molecular formula is C36H63NO8. The third-order valence-corrected chi connectivity index (χ3v) is 8.76. The second-order valence-corrected chi connectivity index (χ2v) is 13.1. The molecule has 0 aromatic carbocycles. The lowest BCUT2D eigenvalue weighted by Crippen LogP contribution is -2.43. The van der Waals surface area contributed by atoms with Gasteiger partial charge in [-0.15, -0.1) is 0 Å². The molecule has 45 heavy (non-hydrogen) atoms. The normalized spacial score (nSPS) is 32.3. The first-order valence-corrected chi connectivity index (χ1v) is 17.4. The SMILES string of the molecule is CCCC[C@H]1OC(=O)[C@@H](C)C[C@H](C)CCCCC(=O)CCC[C@@H](CC)/C=C/C=C(\COC)CC[C@@H](O)[C@@H](O)C[C@H](O)CNC1=O. The van der Waals surface area contributed by atoms with E-state index >= 15 is 0 Å². The molecule has 0 aromatic rings. The number of rotatable bonds is 6. The lowest BCUT2D eigenvalue weighted by Gasteiger charge is -2.23. The van der Waals surface area contributed by atoms with Gasteiger partial charge in [0.25, 0.3) is 5.91 Å². The smallest absolute Gasteiger partial charge is 0.309 e. The van der Waals surface area contributed by atoms with E-state index in [-0.39, 0.29) is 31.2 Å². The molecule has 1 amide bonds. The van der Waals surface area contributed by atoms with Crippen LogP contribution in [0, 0.1) is 17.8 Å². The second kappa shape index (κ2) is 24.2. The van der Waals surface area contributed by atoms with E-state index < -0.39 is 36.3 Å². The Morgan fingerprint density at radius 1 is 0.933 bits per heavy atom. The van der Waals surface area contributed by atoms with Crippen molar-refractivity contribution in [1.29, 1.82) is 0 Å². The molecular weight excluding hydrogens is 574 g/mol. The van der Waals surface area contributed by atoms with E-state index in [9.17, 15) is 29.7 Å². The maximum atomic E-state index is 12.9. The maximum absolute atomic E-state index is 12.9. The summed E-state index contributed by atoms with van der Waals surface area (Å²) in [5.74, 6) is -0.300. The highest BCUT2D eigenvalue weighted by atomic mass is 16.5. The molecule has 0 spiro atoms. The number of unbranched alkanes of at least 4 members (excludes halogenated alkanes) is 1. The number of ether oxygens (including phenoxy) is 2. The molecule has 0 fully saturated rings. The number of Topliss-reactive ketones (excluding diaryl/α,β-unsaturated/α-hetero) is 1. The summed E-state index contributed by atoms with van der Waals surface area (Å²) >= 11 is 0. The van der Waals surface area contributed by atoms with Crippen molar-refractivity contribution in [3.8, 4) is 0 Å². The summed E-state index contributed by atoms with van der Waals surface area (Å²) in [5.41, 5.74) is 0.974. The van der Waals surface area contributed by atoms with Gasteiger partial charge >= 0.3 is 5.97 Å². The van der Waals surface area contributed by atoms with Crippen molar-refractivity contribution in [2.24, 2.45) is 17.8 Å². The number of allylic oxidation sites excluding steroid dienone is 3. The largest absolute Gasteiger partial charge is 0.452 e. The van der Waals surface area contributed by atoms with Crippen LogP contribution < -0.4 is 5.32 Å². The van der Waals surface area contributed by atoms with E-state index in [2.05, 4.69) is 25.2 Å². The highest BCUT2D eigenvalue weighted by molar-refractivity contribution is 5.84. The predicted octanol–water partition coefficient (Wildman–Crippen LogP) is 5.59. The Labute approximate surface area is 272 Å². The molecule has 9 nitrogen and oxygen atoms in total. The van der Waals surface area contributed by atoms with E-state index in [4.69, 9.17) is 9.47 Å². The molecule has 260 valence electrons. The first-order chi connectivity index (χ1) is 21.5. The quantitative estimate of drug-likeness (QED) is 0.276. The number of nitrogens with one attached hydrogen (secondary N) is 1. The second-order valence-electron chi connectivity index (χ2n) is 13.1. The van der Waals surface area contributed by atoms with Gasteiger partial charge in [-0.2, -0.15) is 0 Å². The van der Waals surface area contributed by atoms with E-state index in [1.807, 2.05) is 26.0 Å². The Bertz CT molecular complexity index is 903. The van der Waals surface area contributed by atoms with Crippen molar-refractivity contribution in [1.82, 2.24) is 5.32 Å². The number of hydrogen-bond acceptors (Lipinski definition) is 8. The van der Waals surface area contributed by atoms with Gasteiger partial charge in [0, 0.05) is 32.9 Å². The lowest BCUT2D eigenvalue weighted by molar-refractivity contribution is -0.160. The third kappa shape index (κ3) is 18.6. The Morgan fingerprint density at radius 3 is 2.36 bits per heavy atom. The van der Waals surface area contributed by atoms with Crippen LogP contribution >= 0.6 is 0 Å². The number of carbonyl (C=O) groups is 3. The number of aliphatic hydroxyl groups is 3. The van der Waals surface area contributed by atoms with Crippen LogP contribution in [-0.4, -0.2) is 77.7 Å². The zero-order chi connectivity index (χ0) is 33.6. The molecule has 1 aliphatic heterocycles. The molecule has 1 aliphatic rings. The number of hydrogen-bond donors (Lipinski definition) is 4. The van der Waals surface area contributed by atoms with Gasteiger partial charge in [0.2, 0.25) is 0 Å². The first-order valence-electron chi connectivity index (χ1n) is 17.4. The monoisotopic (exact) mass is 637 g/mol. The average molecular weight is 638 g/mol. The molecule has 1 heterocycles. The van der Waals surface area contributed by atoms with Gasteiger partial charge in [-0.05, 0) is 75.2 Å². The van der Waals surface area contributed by atoms with Gasteiger partial charge < -0.3 is 30.1 Å². The van der Waals surface area contributed by atoms with Gasteiger partial charge in [-0.3, -0.25) is 14.4 Å². The number of amides is 1. The summed E-state index contributed by atoms with van der Waals surface area (Å²) in [6, 6.07) is 0. The average Bonchev–Trinajstić information content (AvgIpc) is 3.00. The first kappa shape index (κ1) is 41.0. The molecule has 0 bridgehead atoms. The highest BCUT2D eigenvalue weighted by Gasteiger charge is 2.27. The van der Waals surface area contributed by atoms with Crippen LogP contribution in [0.4, 0.5) is 0 Å². The molecule has 0 aromatic heterocycles. The fourth-order valence-corrected chi connectivity index (χ4v) is 5.76. The fraction of sp³-hybridized carbons (Fsp3) is 0.806. The van der Waals surface area contributed by atoms with E-state index in [0.717, 1.165) is 50.5 Å². The number of aliphatic hydroxyl groups excluding tert-OH is 3.